The first-order chi connectivity index (χ1) is 7.63. The zero-order chi connectivity index (χ0) is 11.5. The normalized spacial score (nSPS) is 10.4. The molecular weight excluding hydrogens is 274 g/mol. The second-order valence-corrected chi connectivity index (χ2v) is 4.04. The summed E-state index contributed by atoms with van der Waals surface area (Å²) in [7, 11) is 0. The lowest BCUT2D eigenvalue weighted by molar-refractivity contribution is 0.384. The van der Waals surface area contributed by atoms with Crippen molar-refractivity contribution in [1.82, 2.24) is 15.1 Å². The van der Waals surface area contributed by atoms with Gasteiger partial charge in [-0.1, -0.05) is 5.16 Å². The van der Waals surface area contributed by atoms with Crippen LogP contribution in [-0.2, 0) is 6.54 Å². The Morgan fingerprint density at radius 3 is 2.88 bits per heavy atom. The van der Waals surface area contributed by atoms with Crippen LogP contribution < -0.4 is 11.1 Å². The maximum atomic E-state index is 5.58. The van der Waals surface area contributed by atoms with Gasteiger partial charge in [0.2, 0.25) is 5.95 Å². The lowest BCUT2D eigenvalue weighted by Gasteiger charge is -2.03. The number of halogens is 1. The Hall–Kier alpha value is -1.63. The number of rotatable bonds is 3. The Morgan fingerprint density at radius 2 is 2.25 bits per heavy atom. The molecule has 2 aromatic rings. The SMILES string of the molecule is Cc1cc(CNc2nc(N)cc(Br)n2)on1. The molecule has 16 heavy (non-hydrogen) atoms. The van der Waals surface area contributed by atoms with E-state index in [1.54, 1.807) is 6.07 Å². The summed E-state index contributed by atoms with van der Waals surface area (Å²) in [5.41, 5.74) is 6.41. The van der Waals surface area contributed by atoms with E-state index in [0.717, 1.165) is 11.5 Å². The standard InChI is InChI=1S/C9H10BrN5O/c1-5-2-6(16-15-5)4-12-9-13-7(10)3-8(11)14-9/h2-3H,4H2,1H3,(H3,11,12,13,14). The Kier molecular flexibility index (Phi) is 3.04. The van der Waals surface area contributed by atoms with Crippen LogP contribution in [0.2, 0.25) is 0 Å². The molecule has 0 aliphatic heterocycles. The molecule has 6 nitrogen and oxygen atoms in total. The van der Waals surface area contributed by atoms with Crippen molar-refractivity contribution in [3.05, 3.63) is 28.2 Å². The van der Waals surface area contributed by atoms with Gasteiger partial charge in [0.1, 0.15) is 10.4 Å². The quantitative estimate of drug-likeness (QED) is 0.834. The summed E-state index contributed by atoms with van der Waals surface area (Å²) in [4.78, 5) is 8.13. The minimum Gasteiger partial charge on any atom is -0.383 e. The Labute approximate surface area is 100 Å². The number of nitrogens with two attached hydrogens (primary N) is 1. The molecule has 0 radical (unpaired) electrons. The summed E-state index contributed by atoms with van der Waals surface area (Å²) < 4.78 is 5.67. The molecule has 0 spiro atoms. The first-order valence-electron chi connectivity index (χ1n) is 4.59. The van der Waals surface area contributed by atoms with Gasteiger partial charge in [0.25, 0.3) is 0 Å². The van der Waals surface area contributed by atoms with Crippen LogP contribution in [0.5, 0.6) is 0 Å². The summed E-state index contributed by atoms with van der Waals surface area (Å²) >= 11 is 3.24. The Bertz CT molecular complexity index is 478. The van der Waals surface area contributed by atoms with Gasteiger partial charge in [-0.15, -0.1) is 0 Å². The molecule has 0 aliphatic carbocycles. The average Bonchev–Trinajstić information content (AvgIpc) is 2.60. The first kappa shape index (κ1) is 10.9. The van der Waals surface area contributed by atoms with E-state index in [9.17, 15) is 0 Å². The number of aryl methyl sites for hydroxylation is 1. The molecule has 0 atom stereocenters. The molecule has 0 fully saturated rings. The highest BCUT2D eigenvalue weighted by molar-refractivity contribution is 9.10. The number of nitrogen functional groups attached to an aromatic ring is 1. The molecule has 0 aromatic carbocycles. The largest absolute Gasteiger partial charge is 0.383 e. The highest BCUT2D eigenvalue weighted by atomic mass is 79.9. The van der Waals surface area contributed by atoms with Gasteiger partial charge in [-0.3, -0.25) is 0 Å². The van der Waals surface area contributed by atoms with Crippen LogP contribution in [0.1, 0.15) is 11.5 Å². The number of anilines is 2. The highest BCUT2D eigenvalue weighted by Gasteiger charge is 2.03. The zero-order valence-electron chi connectivity index (χ0n) is 8.57. The van der Waals surface area contributed by atoms with Crippen LogP contribution in [-0.4, -0.2) is 15.1 Å². The maximum absolute atomic E-state index is 5.58. The smallest absolute Gasteiger partial charge is 0.226 e. The number of hydrogen-bond donors (Lipinski definition) is 2. The van der Waals surface area contributed by atoms with Crippen LogP contribution in [0.15, 0.2) is 21.3 Å². The lowest BCUT2D eigenvalue weighted by Crippen LogP contribution is -2.04. The van der Waals surface area contributed by atoms with E-state index in [2.05, 4.69) is 36.4 Å². The van der Waals surface area contributed by atoms with Gasteiger partial charge in [-0.05, 0) is 22.9 Å². The van der Waals surface area contributed by atoms with Gasteiger partial charge in [-0.25, -0.2) is 4.98 Å². The van der Waals surface area contributed by atoms with Crippen molar-refractivity contribution in [1.29, 1.82) is 0 Å². The number of nitrogens with one attached hydrogen (secondary N) is 1. The number of hydrogen-bond acceptors (Lipinski definition) is 6. The number of nitrogens with zero attached hydrogens (tertiary/aromatic N) is 3. The highest BCUT2D eigenvalue weighted by Crippen LogP contribution is 2.13. The van der Waals surface area contributed by atoms with Crippen molar-refractivity contribution in [2.24, 2.45) is 0 Å². The van der Waals surface area contributed by atoms with E-state index >= 15 is 0 Å². The van der Waals surface area contributed by atoms with Crippen molar-refractivity contribution in [2.45, 2.75) is 13.5 Å². The summed E-state index contributed by atoms with van der Waals surface area (Å²) in [5.74, 6) is 1.57. The van der Waals surface area contributed by atoms with Crippen molar-refractivity contribution >= 4 is 27.7 Å². The van der Waals surface area contributed by atoms with E-state index in [-0.39, 0.29) is 0 Å². The summed E-state index contributed by atoms with van der Waals surface area (Å²) in [6, 6.07) is 3.47. The minimum atomic E-state index is 0.401. The predicted molar refractivity (Wildman–Crippen MR) is 62.7 cm³/mol. The molecule has 7 heteroatoms. The topological polar surface area (TPSA) is 89.9 Å². The molecule has 0 saturated carbocycles. The van der Waals surface area contributed by atoms with Crippen LogP contribution in [0.3, 0.4) is 0 Å². The van der Waals surface area contributed by atoms with Gasteiger partial charge >= 0.3 is 0 Å². The predicted octanol–water partition coefficient (Wildman–Crippen LogP) is 1.73. The third-order valence-electron chi connectivity index (χ3n) is 1.81. The molecule has 2 rings (SSSR count). The molecule has 0 unspecified atom stereocenters. The molecule has 0 saturated heterocycles. The van der Waals surface area contributed by atoms with Crippen molar-refractivity contribution in [3.8, 4) is 0 Å². The van der Waals surface area contributed by atoms with Crippen molar-refractivity contribution < 1.29 is 4.52 Å². The number of aromatic nitrogens is 3. The van der Waals surface area contributed by atoms with Crippen LogP contribution in [0.25, 0.3) is 0 Å². The Balaban J connectivity index is 2.04. The molecule has 0 bridgehead atoms. The fraction of sp³-hybridized carbons (Fsp3) is 0.222. The summed E-state index contributed by atoms with van der Waals surface area (Å²) in [5, 5.41) is 6.76. The monoisotopic (exact) mass is 283 g/mol. The fourth-order valence-corrected chi connectivity index (χ4v) is 1.58. The lowest BCUT2D eigenvalue weighted by atomic mass is 10.4. The van der Waals surface area contributed by atoms with E-state index in [4.69, 9.17) is 10.3 Å². The third-order valence-corrected chi connectivity index (χ3v) is 2.22. The van der Waals surface area contributed by atoms with E-state index in [0.29, 0.717) is 22.9 Å². The second kappa shape index (κ2) is 4.48. The van der Waals surface area contributed by atoms with Crippen LogP contribution in [0.4, 0.5) is 11.8 Å². The molecule has 0 amide bonds. The second-order valence-electron chi connectivity index (χ2n) is 3.23. The molecule has 84 valence electrons. The van der Waals surface area contributed by atoms with Gasteiger partial charge in [0.15, 0.2) is 5.76 Å². The molecule has 2 heterocycles. The third kappa shape index (κ3) is 2.69. The van der Waals surface area contributed by atoms with E-state index in [1.165, 1.54) is 0 Å². The molecule has 2 aromatic heterocycles. The van der Waals surface area contributed by atoms with Crippen molar-refractivity contribution in [2.75, 3.05) is 11.1 Å². The first-order valence-corrected chi connectivity index (χ1v) is 5.39. The van der Waals surface area contributed by atoms with E-state index in [1.807, 2.05) is 13.0 Å². The molecule has 3 N–H and O–H groups in total. The van der Waals surface area contributed by atoms with Crippen LogP contribution >= 0.6 is 15.9 Å². The zero-order valence-corrected chi connectivity index (χ0v) is 10.2. The van der Waals surface area contributed by atoms with Gasteiger partial charge in [-0.2, -0.15) is 4.98 Å². The summed E-state index contributed by atoms with van der Waals surface area (Å²) in [6.07, 6.45) is 0. The maximum Gasteiger partial charge on any atom is 0.226 e. The average molecular weight is 284 g/mol. The van der Waals surface area contributed by atoms with Gasteiger partial charge in [0.05, 0.1) is 12.2 Å². The fourth-order valence-electron chi connectivity index (χ4n) is 1.18. The van der Waals surface area contributed by atoms with Crippen LogP contribution in [0, 0.1) is 6.92 Å². The van der Waals surface area contributed by atoms with Gasteiger partial charge in [0, 0.05) is 12.1 Å². The van der Waals surface area contributed by atoms with Crippen molar-refractivity contribution in [3.63, 3.8) is 0 Å². The van der Waals surface area contributed by atoms with Gasteiger partial charge < -0.3 is 15.6 Å². The summed E-state index contributed by atoms with van der Waals surface area (Å²) in [6.45, 7) is 2.33. The molecular formula is C9H10BrN5O. The minimum absolute atomic E-state index is 0.401. The Morgan fingerprint density at radius 1 is 1.44 bits per heavy atom. The molecule has 0 aliphatic rings. The van der Waals surface area contributed by atoms with E-state index < -0.39 is 0 Å².